The fourth-order valence-corrected chi connectivity index (χ4v) is 2.18. The largest absolute Gasteiger partial charge is 0.439 e. The van der Waals surface area contributed by atoms with E-state index in [1.807, 2.05) is 24.3 Å². The smallest absolute Gasteiger partial charge is 0.219 e. The van der Waals surface area contributed by atoms with Gasteiger partial charge in [0.2, 0.25) is 5.88 Å². The number of rotatable bonds is 5. The van der Waals surface area contributed by atoms with Crippen molar-refractivity contribution in [2.24, 2.45) is 0 Å². The Morgan fingerprint density at radius 3 is 2.80 bits per heavy atom. The summed E-state index contributed by atoms with van der Waals surface area (Å²) in [5.74, 6) is 1.53. The average Bonchev–Trinajstić information content (AvgIpc) is 3.24. The molecule has 0 radical (unpaired) electrons. The molecule has 3 rings (SSSR count). The topological polar surface area (TPSA) is 34.1 Å². The molecule has 0 atom stereocenters. The lowest BCUT2D eigenvalue weighted by atomic mass is 10.1. The maximum atomic E-state index is 5.89. The molecule has 3 nitrogen and oxygen atoms in total. The molecule has 0 unspecified atom stereocenters. The monoisotopic (exact) mass is 268 g/mol. The fraction of sp³-hybridized carbons (Fsp3) is 0.353. The molecule has 1 aliphatic carbocycles. The van der Waals surface area contributed by atoms with Crippen molar-refractivity contribution in [3.8, 4) is 11.6 Å². The van der Waals surface area contributed by atoms with Gasteiger partial charge in [0.25, 0.3) is 0 Å². The summed E-state index contributed by atoms with van der Waals surface area (Å²) in [4.78, 5) is 4.55. The lowest BCUT2D eigenvalue weighted by Crippen LogP contribution is -2.16. The maximum Gasteiger partial charge on any atom is 0.219 e. The van der Waals surface area contributed by atoms with Crippen molar-refractivity contribution in [3.63, 3.8) is 0 Å². The van der Waals surface area contributed by atoms with E-state index in [0.29, 0.717) is 11.9 Å². The zero-order chi connectivity index (χ0) is 13.9. The molecule has 1 fully saturated rings. The first-order chi connectivity index (χ1) is 9.70. The molecule has 1 N–H and O–H groups in total. The molecule has 0 saturated heterocycles. The van der Waals surface area contributed by atoms with Gasteiger partial charge in [0.1, 0.15) is 5.75 Å². The second-order valence-electron chi connectivity index (χ2n) is 5.49. The van der Waals surface area contributed by atoms with Crippen molar-refractivity contribution in [1.29, 1.82) is 0 Å². The maximum absolute atomic E-state index is 5.89. The van der Waals surface area contributed by atoms with Crippen LogP contribution in [-0.2, 0) is 6.54 Å². The number of aromatic nitrogens is 1. The van der Waals surface area contributed by atoms with E-state index in [1.165, 1.54) is 18.4 Å². The number of pyridine rings is 1. The van der Waals surface area contributed by atoms with Crippen LogP contribution in [0.4, 0.5) is 0 Å². The van der Waals surface area contributed by atoms with Crippen LogP contribution >= 0.6 is 0 Å². The predicted octanol–water partition coefficient (Wildman–Crippen LogP) is 3.74. The predicted molar refractivity (Wildman–Crippen MR) is 80.1 cm³/mol. The van der Waals surface area contributed by atoms with Crippen molar-refractivity contribution >= 4 is 0 Å². The molecule has 1 aromatic heterocycles. The summed E-state index contributed by atoms with van der Waals surface area (Å²) in [6, 6.07) is 12.8. The quantitative estimate of drug-likeness (QED) is 0.897. The highest BCUT2D eigenvalue weighted by Crippen LogP contribution is 2.24. The van der Waals surface area contributed by atoms with Gasteiger partial charge in [0.05, 0.1) is 5.69 Å². The van der Waals surface area contributed by atoms with Gasteiger partial charge in [-0.3, -0.25) is 0 Å². The van der Waals surface area contributed by atoms with E-state index in [1.54, 1.807) is 0 Å². The first-order valence-corrected chi connectivity index (χ1v) is 7.15. The third-order valence-electron chi connectivity index (χ3n) is 3.48. The van der Waals surface area contributed by atoms with Crippen LogP contribution in [0.3, 0.4) is 0 Å². The summed E-state index contributed by atoms with van der Waals surface area (Å²) >= 11 is 0. The minimum atomic E-state index is 0.659. The number of hydrogen-bond acceptors (Lipinski definition) is 3. The van der Waals surface area contributed by atoms with Crippen molar-refractivity contribution in [3.05, 3.63) is 53.2 Å². The van der Waals surface area contributed by atoms with Crippen LogP contribution in [0.1, 0.15) is 29.7 Å². The highest BCUT2D eigenvalue weighted by molar-refractivity contribution is 5.38. The summed E-state index contributed by atoms with van der Waals surface area (Å²) in [6.07, 6.45) is 2.58. The van der Waals surface area contributed by atoms with Gasteiger partial charge in [-0.1, -0.05) is 23.8 Å². The van der Waals surface area contributed by atoms with Crippen LogP contribution in [0.2, 0.25) is 0 Å². The molecule has 1 saturated carbocycles. The molecule has 2 aromatic rings. The van der Waals surface area contributed by atoms with Crippen LogP contribution in [0.25, 0.3) is 0 Å². The number of benzene rings is 1. The molecule has 0 amide bonds. The standard InChI is InChI=1S/C17H20N2O/c1-12-6-9-16(13(2)10-12)20-17-5-3-4-15(19-17)11-18-14-7-8-14/h3-6,9-10,14,18H,7-8,11H2,1-2H3. The van der Waals surface area contributed by atoms with Gasteiger partial charge < -0.3 is 10.1 Å². The molecule has 0 spiro atoms. The zero-order valence-electron chi connectivity index (χ0n) is 12.0. The van der Waals surface area contributed by atoms with Gasteiger partial charge in [-0.15, -0.1) is 0 Å². The van der Waals surface area contributed by atoms with E-state index in [9.17, 15) is 0 Å². The Hall–Kier alpha value is -1.87. The second kappa shape index (κ2) is 5.63. The highest BCUT2D eigenvalue weighted by Gasteiger charge is 2.20. The summed E-state index contributed by atoms with van der Waals surface area (Å²) < 4.78 is 5.89. The van der Waals surface area contributed by atoms with E-state index in [-0.39, 0.29) is 0 Å². The zero-order valence-corrected chi connectivity index (χ0v) is 12.0. The Balaban J connectivity index is 1.70. The number of aryl methyl sites for hydroxylation is 2. The van der Waals surface area contributed by atoms with Gasteiger partial charge >= 0.3 is 0 Å². The van der Waals surface area contributed by atoms with Crippen LogP contribution in [-0.4, -0.2) is 11.0 Å². The molecule has 0 bridgehead atoms. The van der Waals surface area contributed by atoms with Crippen LogP contribution < -0.4 is 10.1 Å². The minimum Gasteiger partial charge on any atom is -0.439 e. The molecule has 0 aliphatic heterocycles. The van der Waals surface area contributed by atoms with Crippen molar-refractivity contribution in [2.45, 2.75) is 39.3 Å². The average molecular weight is 268 g/mol. The molecular weight excluding hydrogens is 248 g/mol. The van der Waals surface area contributed by atoms with Crippen molar-refractivity contribution in [2.75, 3.05) is 0 Å². The molecule has 1 aromatic carbocycles. The van der Waals surface area contributed by atoms with E-state index in [0.717, 1.165) is 23.6 Å². The Morgan fingerprint density at radius 2 is 2.05 bits per heavy atom. The Morgan fingerprint density at radius 1 is 1.20 bits per heavy atom. The van der Waals surface area contributed by atoms with Crippen LogP contribution in [0.15, 0.2) is 36.4 Å². The van der Waals surface area contributed by atoms with Gasteiger partial charge in [-0.2, -0.15) is 0 Å². The lowest BCUT2D eigenvalue weighted by Gasteiger charge is -2.10. The van der Waals surface area contributed by atoms with E-state index in [4.69, 9.17) is 4.74 Å². The minimum absolute atomic E-state index is 0.659. The second-order valence-corrected chi connectivity index (χ2v) is 5.49. The molecular formula is C17H20N2O. The fourth-order valence-electron chi connectivity index (χ4n) is 2.18. The van der Waals surface area contributed by atoms with Gasteiger partial charge in [-0.25, -0.2) is 4.98 Å². The first kappa shape index (κ1) is 13.1. The normalized spacial score (nSPS) is 14.3. The Labute approximate surface area is 120 Å². The third kappa shape index (κ3) is 3.36. The van der Waals surface area contributed by atoms with Gasteiger partial charge in [-0.05, 0) is 44.4 Å². The van der Waals surface area contributed by atoms with Crippen LogP contribution in [0, 0.1) is 13.8 Å². The summed E-state index contributed by atoms with van der Waals surface area (Å²) in [5.41, 5.74) is 3.40. The molecule has 104 valence electrons. The molecule has 20 heavy (non-hydrogen) atoms. The molecule has 3 heteroatoms. The first-order valence-electron chi connectivity index (χ1n) is 7.15. The van der Waals surface area contributed by atoms with E-state index < -0.39 is 0 Å². The van der Waals surface area contributed by atoms with Gasteiger partial charge in [0, 0.05) is 18.7 Å². The lowest BCUT2D eigenvalue weighted by molar-refractivity contribution is 0.456. The molecule has 1 aliphatic rings. The van der Waals surface area contributed by atoms with Crippen molar-refractivity contribution < 1.29 is 4.74 Å². The number of ether oxygens (including phenoxy) is 1. The molecule has 1 heterocycles. The summed E-state index contributed by atoms with van der Waals surface area (Å²) in [5, 5.41) is 3.46. The summed E-state index contributed by atoms with van der Waals surface area (Å²) in [6.45, 7) is 4.95. The SMILES string of the molecule is Cc1ccc(Oc2cccc(CNC3CC3)n2)c(C)c1. The Kier molecular flexibility index (Phi) is 3.70. The highest BCUT2D eigenvalue weighted by atomic mass is 16.5. The summed E-state index contributed by atoms with van der Waals surface area (Å²) in [7, 11) is 0. The number of hydrogen-bond donors (Lipinski definition) is 1. The Bertz CT molecular complexity index is 606. The number of nitrogens with zero attached hydrogens (tertiary/aromatic N) is 1. The van der Waals surface area contributed by atoms with E-state index >= 15 is 0 Å². The van der Waals surface area contributed by atoms with Crippen LogP contribution in [0.5, 0.6) is 11.6 Å². The van der Waals surface area contributed by atoms with Gasteiger partial charge in [0.15, 0.2) is 0 Å². The van der Waals surface area contributed by atoms with Crippen molar-refractivity contribution in [1.82, 2.24) is 10.3 Å². The third-order valence-corrected chi connectivity index (χ3v) is 3.48. The number of nitrogens with one attached hydrogen (secondary N) is 1. The van der Waals surface area contributed by atoms with E-state index in [2.05, 4.69) is 36.3 Å².